The number of ether oxygens (including phenoxy) is 1. The van der Waals surface area contributed by atoms with Crippen LogP contribution in [0, 0.1) is 25.2 Å². The minimum Gasteiger partial charge on any atom is -0.456 e. The quantitative estimate of drug-likeness (QED) is 0.571. The van der Waals surface area contributed by atoms with Gasteiger partial charge in [-0.15, -0.1) is 16.4 Å². The van der Waals surface area contributed by atoms with Gasteiger partial charge >= 0.3 is 12.1 Å². The molecule has 162 valence electrons. The van der Waals surface area contributed by atoms with E-state index < -0.39 is 30.5 Å². The van der Waals surface area contributed by atoms with Gasteiger partial charge in [0.25, 0.3) is 17.5 Å². The Bertz CT molecular complexity index is 1190. The Morgan fingerprint density at radius 3 is 2.74 bits per heavy atom. The average molecular weight is 452 g/mol. The van der Waals surface area contributed by atoms with Crippen molar-refractivity contribution >= 4 is 34.0 Å². The highest BCUT2D eigenvalue weighted by atomic mass is 32.1. The van der Waals surface area contributed by atoms with Gasteiger partial charge in [-0.05, 0) is 37.3 Å². The van der Waals surface area contributed by atoms with E-state index in [-0.39, 0.29) is 18.6 Å². The summed E-state index contributed by atoms with van der Waals surface area (Å²) < 4.78 is 44.5. The number of nitriles is 1. The number of carbonyl (C=O) groups excluding carboxylic acids is 2. The van der Waals surface area contributed by atoms with Crippen molar-refractivity contribution in [2.45, 2.75) is 32.9 Å². The van der Waals surface area contributed by atoms with Gasteiger partial charge in [0, 0.05) is 17.8 Å². The van der Waals surface area contributed by atoms with Gasteiger partial charge < -0.3 is 10.1 Å². The molecule has 0 fully saturated rings. The number of nitrogens with one attached hydrogen (secondary N) is 1. The Morgan fingerprint density at radius 2 is 2.06 bits per heavy atom. The van der Waals surface area contributed by atoms with Crippen LogP contribution in [0.2, 0.25) is 0 Å². The van der Waals surface area contributed by atoms with Crippen molar-refractivity contribution in [2.24, 2.45) is 0 Å². The molecule has 3 aromatic rings. The van der Waals surface area contributed by atoms with E-state index in [0.717, 1.165) is 4.52 Å². The SMILES string of the molecule is Cc1nc2nc(C(F)(F)F)nn2c(C)c1CCC(=O)OCC(=O)Nc1sccc1C#N. The first kappa shape index (κ1) is 22.2. The van der Waals surface area contributed by atoms with Crippen LogP contribution in [0.25, 0.3) is 5.78 Å². The predicted molar refractivity (Wildman–Crippen MR) is 102 cm³/mol. The van der Waals surface area contributed by atoms with E-state index in [1.807, 2.05) is 6.07 Å². The van der Waals surface area contributed by atoms with Crippen molar-refractivity contribution in [2.75, 3.05) is 11.9 Å². The largest absolute Gasteiger partial charge is 0.456 e. The standard InChI is InChI=1S/C18H15F3N6O3S/c1-9-12(10(2)27-17(23-9)25-16(26-27)18(19,20)21)3-4-14(29)30-8-13(28)24-15-11(7-22)5-6-31-15/h5-6H,3-4,8H2,1-2H3,(H,24,28). The second-order valence-corrected chi connectivity index (χ2v) is 7.31. The highest BCUT2D eigenvalue weighted by Crippen LogP contribution is 2.27. The van der Waals surface area contributed by atoms with Crippen molar-refractivity contribution in [3.63, 3.8) is 0 Å². The molecule has 13 heteroatoms. The van der Waals surface area contributed by atoms with Gasteiger partial charge in [-0.3, -0.25) is 9.59 Å². The molecule has 0 atom stereocenters. The molecule has 1 N–H and O–H groups in total. The number of rotatable bonds is 6. The zero-order chi connectivity index (χ0) is 22.8. The lowest BCUT2D eigenvalue weighted by molar-refractivity contribution is -0.147. The van der Waals surface area contributed by atoms with Gasteiger partial charge in [-0.25, -0.2) is 9.50 Å². The Hall–Kier alpha value is -3.53. The number of aryl methyl sites for hydroxylation is 2. The number of hydrogen-bond acceptors (Lipinski definition) is 8. The highest BCUT2D eigenvalue weighted by molar-refractivity contribution is 7.14. The maximum Gasteiger partial charge on any atom is 0.453 e. The number of alkyl halides is 3. The monoisotopic (exact) mass is 452 g/mol. The summed E-state index contributed by atoms with van der Waals surface area (Å²) in [6.45, 7) is 2.62. The third-order valence-corrected chi connectivity index (χ3v) is 5.11. The van der Waals surface area contributed by atoms with Crippen LogP contribution in [0.15, 0.2) is 11.4 Å². The van der Waals surface area contributed by atoms with Gasteiger partial charge in [0.1, 0.15) is 11.1 Å². The molecule has 31 heavy (non-hydrogen) atoms. The van der Waals surface area contributed by atoms with E-state index >= 15 is 0 Å². The van der Waals surface area contributed by atoms with Gasteiger partial charge in [-0.2, -0.15) is 23.4 Å². The van der Waals surface area contributed by atoms with E-state index in [1.54, 1.807) is 25.3 Å². The van der Waals surface area contributed by atoms with E-state index in [2.05, 4.69) is 20.4 Å². The number of amides is 1. The normalized spacial score (nSPS) is 11.4. The lowest BCUT2D eigenvalue weighted by atomic mass is 10.1. The fourth-order valence-corrected chi connectivity index (χ4v) is 3.55. The van der Waals surface area contributed by atoms with Crippen molar-refractivity contribution in [1.29, 1.82) is 5.26 Å². The summed E-state index contributed by atoms with van der Waals surface area (Å²) in [7, 11) is 0. The summed E-state index contributed by atoms with van der Waals surface area (Å²) in [5.41, 5.74) is 1.63. The molecule has 0 aliphatic rings. The fraction of sp³-hybridized carbons (Fsp3) is 0.333. The van der Waals surface area contributed by atoms with Crippen LogP contribution in [0.3, 0.4) is 0 Å². The zero-order valence-electron chi connectivity index (χ0n) is 16.3. The first-order valence-electron chi connectivity index (χ1n) is 8.83. The second-order valence-electron chi connectivity index (χ2n) is 6.39. The third-order valence-electron chi connectivity index (χ3n) is 4.28. The molecule has 0 aliphatic heterocycles. The lowest BCUT2D eigenvalue weighted by Crippen LogP contribution is -2.21. The van der Waals surface area contributed by atoms with Crippen molar-refractivity contribution < 1.29 is 27.5 Å². The Kier molecular flexibility index (Phi) is 6.21. The minimum absolute atomic E-state index is 0.120. The summed E-state index contributed by atoms with van der Waals surface area (Å²) in [5.74, 6) is -2.74. The van der Waals surface area contributed by atoms with Crippen LogP contribution in [0.4, 0.5) is 18.2 Å². The van der Waals surface area contributed by atoms with E-state index in [0.29, 0.717) is 27.5 Å². The number of hydrogen-bond donors (Lipinski definition) is 1. The Labute approximate surface area is 177 Å². The molecule has 0 saturated carbocycles. The number of thiophene rings is 1. The number of halogens is 3. The summed E-state index contributed by atoms with van der Waals surface area (Å²) in [6.07, 6.45) is -4.69. The van der Waals surface area contributed by atoms with Crippen molar-refractivity contribution in [3.8, 4) is 6.07 Å². The number of carbonyl (C=O) groups is 2. The van der Waals surface area contributed by atoms with Crippen molar-refractivity contribution in [1.82, 2.24) is 19.6 Å². The molecule has 3 aromatic heterocycles. The maximum absolute atomic E-state index is 12.8. The highest BCUT2D eigenvalue weighted by Gasteiger charge is 2.37. The third kappa shape index (κ3) is 4.97. The topological polar surface area (TPSA) is 122 Å². The fourth-order valence-electron chi connectivity index (χ4n) is 2.79. The van der Waals surface area contributed by atoms with Crippen LogP contribution in [0.1, 0.15) is 34.8 Å². The van der Waals surface area contributed by atoms with Gasteiger partial charge in [0.05, 0.1) is 5.56 Å². The molecule has 0 spiro atoms. The van der Waals surface area contributed by atoms with Gasteiger partial charge in [-0.1, -0.05) is 0 Å². The van der Waals surface area contributed by atoms with E-state index in [9.17, 15) is 22.8 Å². The molecule has 3 heterocycles. The van der Waals surface area contributed by atoms with Crippen LogP contribution >= 0.6 is 11.3 Å². The van der Waals surface area contributed by atoms with Crippen molar-refractivity contribution in [3.05, 3.63) is 39.8 Å². The van der Waals surface area contributed by atoms with Gasteiger partial charge in [0.2, 0.25) is 0 Å². The number of aromatic nitrogens is 4. The summed E-state index contributed by atoms with van der Waals surface area (Å²) in [6, 6.07) is 3.48. The van der Waals surface area contributed by atoms with Crippen LogP contribution in [-0.4, -0.2) is 38.1 Å². The van der Waals surface area contributed by atoms with E-state index in [1.165, 1.54) is 11.3 Å². The summed E-state index contributed by atoms with van der Waals surface area (Å²) >= 11 is 1.17. The summed E-state index contributed by atoms with van der Waals surface area (Å²) in [5, 5.41) is 16.9. The molecule has 0 unspecified atom stereocenters. The molecule has 9 nitrogen and oxygen atoms in total. The number of anilines is 1. The first-order valence-corrected chi connectivity index (χ1v) is 9.71. The Balaban J connectivity index is 1.61. The van der Waals surface area contributed by atoms with E-state index in [4.69, 9.17) is 10.00 Å². The average Bonchev–Trinajstić information content (AvgIpc) is 3.32. The number of fused-ring (bicyclic) bond motifs is 1. The minimum atomic E-state index is -4.70. The first-order chi connectivity index (χ1) is 14.6. The molecule has 0 bridgehead atoms. The molecule has 0 saturated heterocycles. The van der Waals surface area contributed by atoms with Crippen LogP contribution < -0.4 is 5.32 Å². The number of esters is 1. The molecule has 1 amide bonds. The molecule has 0 aromatic carbocycles. The number of nitrogens with zero attached hydrogens (tertiary/aromatic N) is 5. The second kappa shape index (κ2) is 8.68. The van der Waals surface area contributed by atoms with Crippen LogP contribution in [-0.2, 0) is 26.9 Å². The molecular formula is C18H15F3N6O3S. The molecular weight excluding hydrogens is 437 g/mol. The Morgan fingerprint density at radius 1 is 1.32 bits per heavy atom. The lowest BCUT2D eigenvalue weighted by Gasteiger charge is -2.10. The molecule has 3 rings (SSSR count). The zero-order valence-corrected chi connectivity index (χ0v) is 17.1. The summed E-state index contributed by atoms with van der Waals surface area (Å²) in [4.78, 5) is 31.3. The smallest absolute Gasteiger partial charge is 0.453 e. The maximum atomic E-state index is 12.8. The molecule has 0 aliphatic carbocycles. The van der Waals surface area contributed by atoms with Crippen LogP contribution in [0.5, 0.6) is 0 Å². The predicted octanol–water partition coefficient (Wildman–Crippen LogP) is 2.81. The molecule has 0 radical (unpaired) electrons. The van der Waals surface area contributed by atoms with Gasteiger partial charge in [0.15, 0.2) is 6.61 Å².